The van der Waals surface area contributed by atoms with Crippen molar-refractivity contribution in [3.05, 3.63) is 10.6 Å². The number of carbonyl (C=O) groups excluding carboxylic acids is 2. The van der Waals surface area contributed by atoms with Crippen LogP contribution in [0.15, 0.2) is 0 Å². The normalized spacial score (nSPS) is 15.4. The molecular formula is C15H24N4O2S. The van der Waals surface area contributed by atoms with E-state index in [1.54, 1.807) is 0 Å². The summed E-state index contributed by atoms with van der Waals surface area (Å²) in [7, 11) is 0. The van der Waals surface area contributed by atoms with E-state index in [-0.39, 0.29) is 24.4 Å². The second kappa shape index (κ2) is 8.12. The molecule has 1 aliphatic rings. The first-order valence-electron chi connectivity index (χ1n) is 7.83. The SMILES string of the molecule is Cc1nc(NC(=O)CCNC(=O)NC2CCCCC2)sc1C. The van der Waals surface area contributed by atoms with Gasteiger partial charge in [0.1, 0.15) is 0 Å². The second-order valence-electron chi connectivity index (χ2n) is 5.69. The highest BCUT2D eigenvalue weighted by atomic mass is 32.1. The lowest BCUT2D eigenvalue weighted by molar-refractivity contribution is -0.116. The van der Waals surface area contributed by atoms with Crippen molar-refractivity contribution in [2.45, 2.75) is 58.4 Å². The molecule has 22 heavy (non-hydrogen) atoms. The largest absolute Gasteiger partial charge is 0.338 e. The third-order valence-electron chi connectivity index (χ3n) is 3.85. The number of carbonyl (C=O) groups is 2. The summed E-state index contributed by atoms with van der Waals surface area (Å²) in [5.41, 5.74) is 0.935. The molecule has 1 aromatic heterocycles. The molecule has 0 atom stereocenters. The van der Waals surface area contributed by atoms with Crippen LogP contribution < -0.4 is 16.0 Å². The first kappa shape index (κ1) is 16.7. The summed E-state index contributed by atoms with van der Waals surface area (Å²) >= 11 is 1.46. The molecule has 0 aromatic carbocycles. The molecule has 0 spiro atoms. The van der Waals surface area contributed by atoms with Crippen LogP contribution in [-0.4, -0.2) is 29.5 Å². The van der Waals surface area contributed by atoms with Crippen molar-refractivity contribution in [2.24, 2.45) is 0 Å². The maximum atomic E-state index is 11.8. The minimum Gasteiger partial charge on any atom is -0.338 e. The molecule has 6 nitrogen and oxygen atoms in total. The summed E-state index contributed by atoms with van der Waals surface area (Å²) in [5.74, 6) is -0.133. The number of amides is 3. The first-order valence-corrected chi connectivity index (χ1v) is 8.64. The van der Waals surface area contributed by atoms with Gasteiger partial charge in [-0.05, 0) is 26.7 Å². The first-order chi connectivity index (χ1) is 10.5. The van der Waals surface area contributed by atoms with Crippen molar-refractivity contribution < 1.29 is 9.59 Å². The smallest absolute Gasteiger partial charge is 0.315 e. The predicted molar refractivity (Wildman–Crippen MR) is 88.2 cm³/mol. The minimum absolute atomic E-state index is 0.133. The minimum atomic E-state index is -0.180. The molecule has 7 heteroatoms. The number of thiazole rings is 1. The van der Waals surface area contributed by atoms with Gasteiger partial charge in [0, 0.05) is 23.9 Å². The molecule has 1 aliphatic carbocycles. The fraction of sp³-hybridized carbons (Fsp3) is 0.667. The molecule has 1 heterocycles. The predicted octanol–water partition coefficient (Wildman–Crippen LogP) is 2.72. The zero-order valence-electron chi connectivity index (χ0n) is 13.2. The van der Waals surface area contributed by atoms with E-state index in [9.17, 15) is 9.59 Å². The number of aryl methyl sites for hydroxylation is 2. The van der Waals surface area contributed by atoms with Gasteiger partial charge >= 0.3 is 6.03 Å². The summed E-state index contributed by atoms with van der Waals surface area (Å²) in [5, 5.41) is 9.07. The van der Waals surface area contributed by atoms with Crippen LogP contribution >= 0.6 is 11.3 Å². The fourth-order valence-corrected chi connectivity index (χ4v) is 3.31. The second-order valence-corrected chi connectivity index (χ2v) is 6.90. The van der Waals surface area contributed by atoms with Crippen molar-refractivity contribution >= 4 is 28.4 Å². The quantitative estimate of drug-likeness (QED) is 0.779. The topological polar surface area (TPSA) is 83.1 Å². The summed E-state index contributed by atoms with van der Waals surface area (Å²) in [4.78, 5) is 28.9. The Morgan fingerprint density at radius 1 is 1.23 bits per heavy atom. The Hall–Kier alpha value is -1.63. The van der Waals surface area contributed by atoms with E-state index in [2.05, 4.69) is 20.9 Å². The van der Waals surface area contributed by atoms with Crippen LogP contribution in [0.1, 0.15) is 49.1 Å². The van der Waals surface area contributed by atoms with Crippen LogP contribution in [0.25, 0.3) is 0 Å². The zero-order chi connectivity index (χ0) is 15.9. The van der Waals surface area contributed by atoms with Gasteiger partial charge in [0.2, 0.25) is 5.91 Å². The van der Waals surface area contributed by atoms with Crippen molar-refractivity contribution in [3.8, 4) is 0 Å². The van der Waals surface area contributed by atoms with Gasteiger partial charge in [0.25, 0.3) is 0 Å². The Bertz CT molecular complexity index is 504. The Kier molecular flexibility index (Phi) is 6.18. The van der Waals surface area contributed by atoms with E-state index in [4.69, 9.17) is 0 Å². The van der Waals surface area contributed by atoms with Gasteiger partial charge in [0.05, 0.1) is 5.69 Å². The highest BCUT2D eigenvalue weighted by Crippen LogP contribution is 2.21. The molecule has 0 unspecified atom stereocenters. The molecule has 122 valence electrons. The number of nitrogens with zero attached hydrogens (tertiary/aromatic N) is 1. The van der Waals surface area contributed by atoms with E-state index >= 15 is 0 Å². The molecule has 0 saturated heterocycles. The van der Waals surface area contributed by atoms with Gasteiger partial charge in [-0.15, -0.1) is 11.3 Å². The summed E-state index contributed by atoms with van der Waals surface area (Å²) in [6.45, 7) is 4.21. The zero-order valence-corrected chi connectivity index (χ0v) is 14.0. The number of urea groups is 1. The van der Waals surface area contributed by atoms with E-state index < -0.39 is 0 Å². The number of rotatable bonds is 5. The van der Waals surface area contributed by atoms with Crippen LogP contribution in [0.4, 0.5) is 9.93 Å². The number of nitrogens with one attached hydrogen (secondary N) is 3. The molecule has 0 aliphatic heterocycles. The summed E-state index contributed by atoms with van der Waals surface area (Å²) in [6.07, 6.45) is 5.97. The van der Waals surface area contributed by atoms with Crippen LogP contribution in [0.3, 0.4) is 0 Å². The number of aromatic nitrogens is 1. The maximum absolute atomic E-state index is 11.8. The highest BCUT2D eigenvalue weighted by molar-refractivity contribution is 7.15. The highest BCUT2D eigenvalue weighted by Gasteiger charge is 2.15. The molecule has 3 N–H and O–H groups in total. The fourth-order valence-electron chi connectivity index (χ4n) is 2.48. The van der Waals surface area contributed by atoms with E-state index in [1.165, 1.54) is 30.6 Å². The number of anilines is 1. The lowest BCUT2D eigenvalue weighted by Crippen LogP contribution is -2.43. The van der Waals surface area contributed by atoms with E-state index in [1.807, 2.05) is 13.8 Å². The van der Waals surface area contributed by atoms with Crippen molar-refractivity contribution in [2.75, 3.05) is 11.9 Å². The molecule has 1 saturated carbocycles. The lowest BCUT2D eigenvalue weighted by Gasteiger charge is -2.22. The molecule has 0 bridgehead atoms. The number of hydrogen-bond donors (Lipinski definition) is 3. The summed E-state index contributed by atoms with van der Waals surface area (Å²) < 4.78 is 0. The van der Waals surface area contributed by atoms with Crippen LogP contribution in [0, 0.1) is 13.8 Å². The average molecular weight is 324 g/mol. The van der Waals surface area contributed by atoms with Gasteiger partial charge in [-0.25, -0.2) is 9.78 Å². The van der Waals surface area contributed by atoms with Crippen molar-refractivity contribution in [1.29, 1.82) is 0 Å². The molecule has 1 fully saturated rings. The van der Waals surface area contributed by atoms with Crippen molar-refractivity contribution in [3.63, 3.8) is 0 Å². The van der Waals surface area contributed by atoms with E-state index in [0.29, 0.717) is 11.7 Å². The van der Waals surface area contributed by atoms with Crippen molar-refractivity contribution in [1.82, 2.24) is 15.6 Å². The Labute approximate surface area is 135 Å². The number of hydrogen-bond acceptors (Lipinski definition) is 4. The molecular weight excluding hydrogens is 300 g/mol. The maximum Gasteiger partial charge on any atom is 0.315 e. The van der Waals surface area contributed by atoms with Crippen LogP contribution in [0.5, 0.6) is 0 Å². The van der Waals surface area contributed by atoms with E-state index in [0.717, 1.165) is 23.4 Å². The van der Waals surface area contributed by atoms with Gasteiger partial charge in [-0.2, -0.15) is 0 Å². The van der Waals surface area contributed by atoms with Gasteiger partial charge in [-0.3, -0.25) is 4.79 Å². The third kappa shape index (κ3) is 5.29. The van der Waals surface area contributed by atoms with Gasteiger partial charge < -0.3 is 16.0 Å². The molecule has 3 amide bonds. The van der Waals surface area contributed by atoms with Crippen LogP contribution in [0.2, 0.25) is 0 Å². The Morgan fingerprint density at radius 2 is 1.95 bits per heavy atom. The monoisotopic (exact) mass is 324 g/mol. The van der Waals surface area contributed by atoms with Gasteiger partial charge in [-0.1, -0.05) is 19.3 Å². The van der Waals surface area contributed by atoms with Crippen LogP contribution in [-0.2, 0) is 4.79 Å². The standard InChI is InChI=1S/C15H24N4O2S/c1-10-11(2)22-15(17-10)19-13(20)8-9-16-14(21)18-12-6-4-3-5-7-12/h12H,3-9H2,1-2H3,(H2,16,18,21)(H,17,19,20). The third-order valence-corrected chi connectivity index (χ3v) is 4.84. The van der Waals surface area contributed by atoms with Gasteiger partial charge in [0.15, 0.2) is 5.13 Å². The molecule has 1 aromatic rings. The lowest BCUT2D eigenvalue weighted by atomic mass is 9.96. The molecule has 0 radical (unpaired) electrons. The Morgan fingerprint density at radius 3 is 2.59 bits per heavy atom. The molecule has 2 rings (SSSR count). The summed E-state index contributed by atoms with van der Waals surface area (Å²) in [6, 6.07) is 0.101. The average Bonchev–Trinajstić information content (AvgIpc) is 2.78. The Balaban J connectivity index is 1.62.